The first-order chi connectivity index (χ1) is 16.1. The third-order valence-corrected chi connectivity index (χ3v) is 7.31. The number of thiophene rings is 1. The summed E-state index contributed by atoms with van der Waals surface area (Å²) in [4.78, 5) is 13.4. The number of nitriles is 1. The van der Waals surface area contributed by atoms with E-state index < -0.39 is 5.97 Å². The summed E-state index contributed by atoms with van der Waals surface area (Å²) >= 11 is 1.57. The van der Waals surface area contributed by atoms with E-state index in [9.17, 15) is 15.2 Å². The van der Waals surface area contributed by atoms with Gasteiger partial charge in [-0.25, -0.2) is 4.79 Å². The molecule has 4 nitrogen and oxygen atoms in total. The van der Waals surface area contributed by atoms with Crippen LogP contribution >= 0.6 is 11.3 Å². The van der Waals surface area contributed by atoms with Gasteiger partial charge in [0.15, 0.2) is 0 Å². The highest BCUT2D eigenvalue weighted by molar-refractivity contribution is 7.16. The summed E-state index contributed by atoms with van der Waals surface area (Å²) in [5.74, 6) is -1.18. The van der Waals surface area contributed by atoms with Gasteiger partial charge in [-0.2, -0.15) is 5.26 Å². The van der Waals surface area contributed by atoms with Crippen LogP contribution in [0.25, 0.3) is 38.3 Å². The fourth-order valence-electron chi connectivity index (χ4n) is 4.47. The summed E-state index contributed by atoms with van der Waals surface area (Å²) in [6.07, 6.45) is 6.99. The van der Waals surface area contributed by atoms with E-state index in [0.717, 1.165) is 46.7 Å². The number of para-hydroxylation sites is 1. The lowest BCUT2D eigenvalue weighted by atomic mass is 10.0. The highest BCUT2D eigenvalue weighted by Gasteiger charge is 2.15. The molecular formula is C28H28N2O2S. The van der Waals surface area contributed by atoms with Crippen molar-refractivity contribution < 1.29 is 9.90 Å². The van der Waals surface area contributed by atoms with Gasteiger partial charge < -0.3 is 9.67 Å². The minimum atomic E-state index is -1.18. The first kappa shape index (κ1) is 22.8. The first-order valence-corrected chi connectivity index (χ1v) is 12.4. The van der Waals surface area contributed by atoms with Gasteiger partial charge in [0.05, 0.1) is 0 Å². The molecule has 1 N–H and O–H groups in total. The quantitative estimate of drug-likeness (QED) is 0.160. The predicted molar refractivity (Wildman–Crippen MR) is 138 cm³/mol. The number of aliphatic carboxylic acids is 1. The fourth-order valence-corrected chi connectivity index (χ4v) is 5.62. The maximum atomic E-state index is 11.4. The van der Waals surface area contributed by atoms with Gasteiger partial charge in [-0.1, -0.05) is 50.5 Å². The summed E-state index contributed by atoms with van der Waals surface area (Å²) in [7, 11) is 0. The minimum absolute atomic E-state index is 0.223. The van der Waals surface area contributed by atoms with Crippen LogP contribution in [-0.2, 0) is 17.8 Å². The molecule has 4 rings (SSSR count). The summed E-state index contributed by atoms with van der Waals surface area (Å²) in [6, 6.07) is 19.1. The molecule has 0 aliphatic heterocycles. The van der Waals surface area contributed by atoms with Gasteiger partial charge in [0.2, 0.25) is 0 Å². The summed E-state index contributed by atoms with van der Waals surface area (Å²) in [5.41, 5.74) is 4.47. The number of nitrogens with zero attached hydrogens (tertiary/aromatic N) is 2. The summed E-state index contributed by atoms with van der Waals surface area (Å²) in [5, 5.41) is 21.1. The highest BCUT2D eigenvalue weighted by Crippen LogP contribution is 2.37. The van der Waals surface area contributed by atoms with E-state index in [1.54, 1.807) is 11.3 Å². The molecule has 0 saturated heterocycles. The molecule has 0 atom stereocenters. The van der Waals surface area contributed by atoms with Crippen LogP contribution in [0.15, 0.2) is 54.1 Å². The SMILES string of the molecule is CCCCCCc1cc(-c2ccc3c(c2)c2ccccc2n3CC)sc1/C=C(/C#N)C(=O)O. The Labute approximate surface area is 198 Å². The second-order valence-electron chi connectivity index (χ2n) is 8.28. The van der Waals surface area contributed by atoms with Gasteiger partial charge in [0.25, 0.3) is 0 Å². The maximum absolute atomic E-state index is 11.4. The van der Waals surface area contributed by atoms with Gasteiger partial charge in [0, 0.05) is 38.1 Å². The molecule has 0 aliphatic rings. The monoisotopic (exact) mass is 456 g/mol. The number of fused-ring (bicyclic) bond motifs is 3. The zero-order valence-electron chi connectivity index (χ0n) is 19.1. The van der Waals surface area contributed by atoms with E-state index in [-0.39, 0.29) is 5.57 Å². The van der Waals surface area contributed by atoms with Crippen LogP contribution in [-0.4, -0.2) is 15.6 Å². The molecule has 168 valence electrons. The van der Waals surface area contributed by atoms with Gasteiger partial charge in [-0.15, -0.1) is 11.3 Å². The molecule has 0 fully saturated rings. The molecule has 2 aromatic carbocycles. The number of carbonyl (C=O) groups is 1. The molecule has 0 unspecified atom stereocenters. The van der Waals surface area contributed by atoms with Crippen molar-refractivity contribution >= 4 is 45.2 Å². The third-order valence-electron chi connectivity index (χ3n) is 6.14. The van der Waals surface area contributed by atoms with Crippen LogP contribution in [0.5, 0.6) is 0 Å². The van der Waals surface area contributed by atoms with Crippen LogP contribution in [0.3, 0.4) is 0 Å². The average molecular weight is 457 g/mol. The van der Waals surface area contributed by atoms with E-state index in [2.05, 4.69) is 66.9 Å². The average Bonchev–Trinajstić information content (AvgIpc) is 3.38. The lowest BCUT2D eigenvalue weighted by Gasteiger charge is -2.03. The normalized spacial score (nSPS) is 11.8. The number of rotatable bonds is 9. The number of aromatic nitrogens is 1. The number of benzene rings is 2. The molecule has 0 saturated carbocycles. The molecule has 2 aromatic heterocycles. The topological polar surface area (TPSA) is 66.0 Å². The van der Waals surface area contributed by atoms with Crippen molar-refractivity contribution in [2.45, 2.75) is 52.5 Å². The van der Waals surface area contributed by atoms with E-state index in [1.165, 1.54) is 40.7 Å². The number of unbranched alkanes of at least 4 members (excludes halogenated alkanes) is 3. The van der Waals surface area contributed by atoms with Crippen molar-refractivity contribution in [1.82, 2.24) is 4.57 Å². The van der Waals surface area contributed by atoms with E-state index in [1.807, 2.05) is 6.07 Å². The van der Waals surface area contributed by atoms with Crippen LogP contribution in [0.1, 0.15) is 50.0 Å². The van der Waals surface area contributed by atoms with Crippen LogP contribution in [0.4, 0.5) is 0 Å². The Morgan fingerprint density at radius 2 is 1.85 bits per heavy atom. The molecule has 4 aromatic rings. The van der Waals surface area contributed by atoms with Crippen LogP contribution in [0, 0.1) is 11.3 Å². The van der Waals surface area contributed by atoms with Gasteiger partial charge in [-0.3, -0.25) is 0 Å². The standard InChI is InChI=1S/C28H28N2O2S/c1-3-5-6-7-10-19-16-26(33-27(19)17-21(18-29)28(31)32)20-13-14-25-23(15-20)22-11-8-9-12-24(22)30(25)4-2/h8-9,11-17H,3-7,10H2,1-2H3,(H,31,32)/b21-17-. The van der Waals surface area contributed by atoms with Crippen LogP contribution < -0.4 is 0 Å². The molecule has 0 bridgehead atoms. The lowest BCUT2D eigenvalue weighted by Crippen LogP contribution is -1.97. The smallest absolute Gasteiger partial charge is 0.346 e. The number of carboxylic acids is 1. The Morgan fingerprint density at radius 1 is 1.06 bits per heavy atom. The summed E-state index contributed by atoms with van der Waals surface area (Å²) in [6.45, 7) is 5.26. The van der Waals surface area contributed by atoms with Crippen molar-refractivity contribution in [2.75, 3.05) is 0 Å². The zero-order chi connectivity index (χ0) is 23.4. The Morgan fingerprint density at radius 3 is 2.58 bits per heavy atom. The van der Waals surface area contributed by atoms with Crippen molar-refractivity contribution in [3.8, 4) is 16.5 Å². The van der Waals surface area contributed by atoms with E-state index in [0.29, 0.717) is 0 Å². The second-order valence-corrected chi connectivity index (χ2v) is 9.36. The third kappa shape index (κ3) is 4.58. The first-order valence-electron chi connectivity index (χ1n) is 11.6. The van der Waals surface area contributed by atoms with E-state index in [4.69, 9.17) is 0 Å². The Hall–Kier alpha value is -3.36. The lowest BCUT2D eigenvalue weighted by molar-refractivity contribution is -0.132. The van der Waals surface area contributed by atoms with Gasteiger partial charge in [-0.05, 0) is 61.2 Å². The number of carboxylic acid groups (broad SMARTS) is 1. The predicted octanol–water partition coefficient (Wildman–Crippen LogP) is 7.66. The second kappa shape index (κ2) is 10.1. The van der Waals surface area contributed by atoms with E-state index >= 15 is 0 Å². The largest absolute Gasteiger partial charge is 0.477 e. The zero-order valence-corrected chi connectivity index (χ0v) is 19.9. The Kier molecular flexibility index (Phi) is 6.96. The summed E-state index contributed by atoms with van der Waals surface area (Å²) < 4.78 is 2.34. The molecule has 0 amide bonds. The molecule has 33 heavy (non-hydrogen) atoms. The molecule has 0 radical (unpaired) electrons. The number of aryl methyl sites for hydroxylation is 2. The molecule has 0 spiro atoms. The van der Waals surface area contributed by atoms with Crippen molar-refractivity contribution in [3.05, 3.63) is 64.5 Å². The highest BCUT2D eigenvalue weighted by atomic mass is 32.1. The van der Waals surface area contributed by atoms with Crippen molar-refractivity contribution in [3.63, 3.8) is 0 Å². The van der Waals surface area contributed by atoms with Gasteiger partial charge >= 0.3 is 5.97 Å². The van der Waals surface area contributed by atoms with Crippen molar-refractivity contribution in [1.29, 1.82) is 5.26 Å². The van der Waals surface area contributed by atoms with Crippen molar-refractivity contribution in [2.24, 2.45) is 0 Å². The minimum Gasteiger partial charge on any atom is -0.477 e. The fraction of sp³-hybridized carbons (Fsp3) is 0.286. The number of hydrogen-bond acceptors (Lipinski definition) is 3. The van der Waals surface area contributed by atoms with Crippen LogP contribution in [0.2, 0.25) is 0 Å². The molecule has 2 heterocycles. The Balaban J connectivity index is 1.80. The molecular weight excluding hydrogens is 428 g/mol. The number of hydrogen-bond donors (Lipinski definition) is 1. The molecule has 0 aliphatic carbocycles. The van der Waals surface area contributed by atoms with Gasteiger partial charge in [0.1, 0.15) is 11.6 Å². The Bertz CT molecular complexity index is 1380. The maximum Gasteiger partial charge on any atom is 0.346 e. The molecule has 5 heteroatoms.